The van der Waals surface area contributed by atoms with Crippen LogP contribution in [0.15, 0.2) is 48.5 Å². The average Bonchev–Trinajstić information content (AvgIpc) is 2.78. The highest BCUT2D eigenvalue weighted by Crippen LogP contribution is 2.25. The first kappa shape index (κ1) is 25.1. The summed E-state index contributed by atoms with van der Waals surface area (Å²) in [5.74, 6) is -0.980. The lowest BCUT2D eigenvalue weighted by atomic mass is 9.94. The fraction of sp³-hybridized carbons (Fsp3) is 0.444. The first-order valence-electron chi connectivity index (χ1n) is 11.6. The van der Waals surface area contributed by atoms with Gasteiger partial charge in [-0.15, -0.1) is 0 Å². The van der Waals surface area contributed by atoms with Crippen LogP contribution in [0.4, 0.5) is 4.39 Å². The number of carbonyl (C=O) groups is 1. The summed E-state index contributed by atoms with van der Waals surface area (Å²) in [6, 6.07) is 13.6. The van der Waals surface area contributed by atoms with Gasteiger partial charge in [-0.25, -0.2) is 4.39 Å². The van der Waals surface area contributed by atoms with Gasteiger partial charge in [-0.3, -0.25) is 9.69 Å². The van der Waals surface area contributed by atoms with Crippen molar-refractivity contribution in [2.45, 2.75) is 57.8 Å². The quantitative estimate of drug-likeness (QED) is 0.483. The Morgan fingerprint density at radius 1 is 1.30 bits per heavy atom. The largest absolute Gasteiger partial charge is 0.481 e. The number of allylic oxidation sites excluding steroid dienone is 1. The summed E-state index contributed by atoms with van der Waals surface area (Å²) in [5, 5.41) is 19.3. The molecule has 3 rings (SSSR count). The van der Waals surface area contributed by atoms with Crippen molar-refractivity contribution in [3.63, 3.8) is 0 Å². The van der Waals surface area contributed by atoms with Crippen molar-refractivity contribution in [2.75, 3.05) is 19.7 Å². The molecule has 1 heterocycles. The first-order valence-corrected chi connectivity index (χ1v) is 11.6. The Morgan fingerprint density at radius 2 is 2.09 bits per heavy atom. The zero-order chi connectivity index (χ0) is 23.8. The van der Waals surface area contributed by atoms with Crippen LogP contribution >= 0.6 is 0 Å². The molecule has 2 N–H and O–H groups in total. The lowest BCUT2D eigenvalue weighted by Crippen LogP contribution is -2.52. The van der Waals surface area contributed by atoms with Crippen LogP contribution in [-0.4, -0.2) is 52.9 Å². The zero-order valence-electron chi connectivity index (χ0n) is 19.4. The highest BCUT2D eigenvalue weighted by Gasteiger charge is 2.29. The van der Waals surface area contributed by atoms with E-state index in [1.807, 2.05) is 55.5 Å². The van der Waals surface area contributed by atoms with Gasteiger partial charge < -0.3 is 14.9 Å². The monoisotopic (exact) mass is 455 g/mol. The lowest BCUT2D eigenvalue weighted by molar-refractivity contribution is -0.136. The molecule has 178 valence electrons. The van der Waals surface area contributed by atoms with E-state index in [1.165, 1.54) is 0 Å². The molecule has 1 fully saturated rings. The molecule has 0 spiro atoms. The molecule has 1 saturated heterocycles. The lowest BCUT2D eigenvalue weighted by Gasteiger charge is -2.42. The molecule has 6 heteroatoms. The number of aliphatic carboxylic acids is 1. The SMILES string of the molecule is Cc1ccc(C[C@@H]2CCN2C[C@@H](O)CO[C@H](C)c2ccccc2/C=C/CCC(=O)O)cc1F. The maximum Gasteiger partial charge on any atom is 0.303 e. The molecule has 5 nitrogen and oxygen atoms in total. The third-order valence-electron chi connectivity index (χ3n) is 6.21. The van der Waals surface area contributed by atoms with Crippen LogP contribution in [0.1, 0.15) is 54.5 Å². The van der Waals surface area contributed by atoms with E-state index in [-0.39, 0.29) is 24.9 Å². The van der Waals surface area contributed by atoms with E-state index in [0.717, 1.165) is 36.1 Å². The van der Waals surface area contributed by atoms with Gasteiger partial charge in [0.15, 0.2) is 0 Å². The topological polar surface area (TPSA) is 70.0 Å². The Kier molecular flexibility index (Phi) is 9.18. The number of carboxylic acids is 1. The molecule has 0 amide bonds. The number of hydrogen-bond acceptors (Lipinski definition) is 4. The van der Waals surface area contributed by atoms with Crippen LogP contribution in [-0.2, 0) is 16.0 Å². The van der Waals surface area contributed by atoms with E-state index in [1.54, 1.807) is 13.0 Å². The number of halogens is 1. The van der Waals surface area contributed by atoms with Crippen molar-refractivity contribution in [3.8, 4) is 0 Å². The van der Waals surface area contributed by atoms with Gasteiger partial charge in [0.05, 0.1) is 18.8 Å². The normalized spacial score (nSPS) is 18.2. The van der Waals surface area contributed by atoms with Crippen LogP contribution in [0, 0.1) is 12.7 Å². The number of likely N-dealkylation sites (tertiary alicyclic amines) is 1. The van der Waals surface area contributed by atoms with Crippen molar-refractivity contribution in [1.29, 1.82) is 0 Å². The van der Waals surface area contributed by atoms with Crippen molar-refractivity contribution >= 4 is 12.0 Å². The Labute approximate surface area is 195 Å². The van der Waals surface area contributed by atoms with Crippen LogP contribution in [0.5, 0.6) is 0 Å². The smallest absolute Gasteiger partial charge is 0.303 e. The number of ether oxygens (including phenoxy) is 1. The number of aliphatic hydroxyl groups is 1. The second-order valence-electron chi connectivity index (χ2n) is 8.82. The number of aryl methyl sites for hydroxylation is 1. The minimum absolute atomic E-state index is 0.104. The van der Waals surface area contributed by atoms with Crippen molar-refractivity contribution in [2.24, 2.45) is 0 Å². The van der Waals surface area contributed by atoms with Crippen LogP contribution < -0.4 is 0 Å². The molecule has 2 aromatic carbocycles. The summed E-state index contributed by atoms with van der Waals surface area (Å²) in [5.41, 5.74) is 3.63. The van der Waals surface area contributed by atoms with Crippen LogP contribution in [0.2, 0.25) is 0 Å². The van der Waals surface area contributed by atoms with Gasteiger partial charge in [0.2, 0.25) is 0 Å². The second kappa shape index (κ2) is 12.1. The summed E-state index contributed by atoms with van der Waals surface area (Å²) < 4.78 is 19.8. The minimum Gasteiger partial charge on any atom is -0.481 e. The molecule has 0 aliphatic carbocycles. The Balaban J connectivity index is 1.47. The number of benzene rings is 2. The van der Waals surface area contributed by atoms with E-state index >= 15 is 0 Å². The van der Waals surface area contributed by atoms with E-state index in [2.05, 4.69) is 4.90 Å². The van der Waals surface area contributed by atoms with Crippen molar-refractivity contribution in [3.05, 3.63) is 76.6 Å². The number of β-amino-alcohol motifs (C(OH)–C–C–N with tert-alkyl or cyclic N) is 1. The van der Waals surface area contributed by atoms with Gasteiger partial charge >= 0.3 is 5.97 Å². The minimum atomic E-state index is -0.811. The molecule has 0 bridgehead atoms. The van der Waals surface area contributed by atoms with E-state index < -0.39 is 12.1 Å². The standard InChI is InChI=1S/C27H34FNO4/c1-19-11-12-21(16-26(19)28)15-23-13-14-29(23)17-24(30)18-33-20(2)25-9-5-3-7-22(25)8-4-6-10-27(31)32/h3-5,7-9,11-12,16,20,23-24,30H,6,10,13-15,17-18H2,1-2H3,(H,31,32)/b8-4+/t20-,23+,24-/m1/s1. The average molecular weight is 456 g/mol. The molecule has 0 unspecified atom stereocenters. The van der Waals surface area contributed by atoms with E-state index in [4.69, 9.17) is 9.84 Å². The highest BCUT2D eigenvalue weighted by molar-refractivity contribution is 5.67. The number of carboxylic acid groups (broad SMARTS) is 1. The van der Waals surface area contributed by atoms with Gasteiger partial charge in [0, 0.05) is 25.6 Å². The van der Waals surface area contributed by atoms with Gasteiger partial charge in [-0.1, -0.05) is 48.6 Å². The Hall–Kier alpha value is -2.54. The fourth-order valence-corrected chi connectivity index (χ4v) is 4.12. The van der Waals surface area contributed by atoms with Gasteiger partial charge in [0.25, 0.3) is 0 Å². The Morgan fingerprint density at radius 3 is 2.79 bits per heavy atom. The van der Waals surface area contributed by atoms with E-state index in [9.17, 15) is 14.3 Å². The molecular formula is C27H34FNO4. The van der Waals surface area contributed by atoms with E-state index in [0.29, 0.717) is 24.6 Å². The van der Waals surface area contributed by atoms with Crippen LogP contribution in [0.3, 0.4) is 0 Å². The Bertz CT molecular complexity index is 961. The van der Waals surface area contributed by atoms with Crippen molar-refractivity contribution < 1.29 is 24.1 Å². The molecule has 0 radical (unpaired) electrons. The molecule has 1 aliphatic rings. The second-order valence-corrected chi connectivity index (χ2v) is 8.82. The molecule has 2 aromatic rings. The molecular weight excluding hydrogens is 421 g/mol. The van der Waals surface area contributed by atoms with Gasteiger partial charge in [0.1, 0.15) is 5.82 Å². The fourth-order valence-electron chi connectivity index (χ4n) is 4.12. The zero-order valence-corrected chi connectivity index (χ0v) is 19.4. The molecule has 1 aliphatic heterocycles. The number of nitrogens with zero attached hydrogens (tertiary/aromatic N) is 1. The molecule has 3 atom stereocenters. The third kappa shape index (κ3) is 7.49. The predicted octanol–water partition coefficient (Wildman–Crippen LogP) is 4.77. The van der Waals surface area contributed by atoms with Crippen molar-refractivity contribution in [1.82, 2.24) is 4.90 Å². The summed E-state index contributed by atoms with van der Waals surface area (Å²) >= 11 is 0. The first-order chi connectivity index (χ1) is 15.8. The van der Waals surface area contributed by atoms with Gasteiger partial charge in [-0.2, -0.15) is 0 Å². The summed E-state index contributed by atoms with van der Waals surface area (Å²) in [6.45, 7) is 5.40. The summed E-state index contributed by atoms with van der Waals surface area (Å²) in [4.78, 5) is 12.9. The maximum atomic E-state index is 13.8. The summed E-state index contributed by atoms with van der Waals surface area (Å²) in [7, 11) is 0. The number of aliphatic hydroxyl groups excluding tert-OH is 1. The predicted molar refractivity (Wildman–Crippen MR) is 128 cm³/mol. The highest BCUT2D eigenvalue weighted by atomic mass is 19.1. The van der Waals surface area contributed by atoms with Crippen LogP contribution in [0.25, 0.3) is 6.08 Å². The maximum absolute atomic E-state index is 13.8. The van der Waals surface area contributed by atoms with Gasteiger partial charge in [-0.05, 0) is 61.4 Å². The number of rotatable bonds is 12. The number of hydrogen-bond donors (Lipinski definition) is 2. The molecule has 0 saturated carbocycles. The molecule has 0 aromatic heterocycles. The third-order valence-corrected chi connectivity index (χ3v) is 6.21. The summed E-state index contributed by atoms with van der Waals surface area (Å²) in [6.07, 6.45) is 5.37. The molecule has 33 heavy (non-hydrogen) atoms.